The molecule has 0 radical (unpaired) electrons. The summed E-state index contributed by atoms with van der Waals surface area (Å²) in [6, 6.07) is 1.43. The SMILES string of the molecule is Cc1cc(=O)[nH]c(-c2cnn(C)n2)n1. The van der Waals surface area contributed by atoms with Gasteiger partial charge in [-0.25, -0.2) is 4.98 Å². The fourth-order valence-corrected chi connectivity index (χ4v) is 1.15. The van der Waals surface area contributed by atoms with E-state index in [1.807, 2.05) is 0 Å². The molecular formula is C8H9N5O. The molecule has 2 rings (SSSR count). The van der Waals surface area contributed by atoms with Crippen LogP contribution < -0.4 is 5.56 Å². The van der Waals surface area contributed by atoms with E-state index in [1.54, 1.807) is 20.2 Å². The Bertz CT molecular complexity index is 512. The van der Waals surface area contributed by atoms with Crippen LogP contribution in [0.3, 0.4) is 0 Å². The van der Waals surface area contributed by atoms with Gasteiger partial charge in [-0.05, 0) is 6.92 Å². The number of aromatic nitrogens is 5. The standard InChI is InChI=1S/C8H9N5O/c1-5-3-7(14)11-8(10-5)6-4-9-13(2)12-6/h3-4H,1-2H3,(H,10,11,14). The van der Waals surface area contributed by atoms with E-state index in [-0.39, 0.29) is 5.56 Å². The van der Waals surface area contributed by atoms with Crippen molar-refractivity contribution in [2.45, 2.75) is 6.92 Å². The molecule has 0 aliphatic carbocycles. The van der Waals surface area contributed by atoms with E-state index >= 15 is 0 Å². The molecule has 14 heavy (non-hydrogen) atoms. The van der Waals surface area contributed by atoms with Crippen LogP contribution in [0.2, 0.25) is 0 Å². The highest BCUT2D eigenvalue weighted by Gasteiger charge is 2.05. The third-order valence-electron chi connectivity index (χ3n) is 1.71. The molecule has 6 heteroatoms. The summed E-state index contributed by atoms with van der Waals surface area (Å²) in [7, 11) is 1.71. The molecule has 2 heterocycles. The number of H-pyrrole nitrogens is 1. The van der Waals surface area contributed by atoms with Crippen LogP contribution in [0.1, 0.15) is 5.69 Å². The van der Waals surface area contributed by atoms with Crippen molar-refractivity contribution in [3.05, 3.63) is 28.3 Å². The fraction of sp³-hybridized carbons (Fsp3) is 0.250. The number of hydrogen-bond donors (Lipinski definition) is 1. The highest BCUT2D eigenvalue weighted by atomic mass is 16.1. The van der Waals surface area contributed by atoms with E-state index in [1.165, 1.54) is 10.9 Å². The van der Waals surface area contributed by atoms with Crippen LogP contribution in [0.25, 0.3) is 11.5 Å². The zero-order valence-corrected chi connectivity index (χ0v) is 7.85. The molecule has 0 saturated carbocycles. The van der Waals surface area contributed by atoms with E-state index in [2.05, 4.69) is 20.2 Å². The van der Waals surface area contributed by atoms with Gasteiger partial charge in [0.25, 0.3) is 5.56 Å². The van der Waals surface area contributed by atoms with Crippen molar-refractivity contribution in [3.63, 3.8) is 0 Å². The van der Waals surface area contributed by atoms with Gasteiger partial charge in [0.1, 0.15) is 5.69 Å². The van der Waals surface area contributed by atoms with Crippen molar-refractivity contribution in [1.29, 1.82) is 0 Å². The van der Waals surface area contributed by atoms with Crippen molar-refractivity contribution in [3.8, 4) is 11.5 Å². The lowest BCUT2D eigenvalue weighted by Gasteiger charge is -1.95. The first kappa shape index (κ1) is 8.61. The molecule has 0 saturated heterocycles. The molecule has 1 N–H and O–H groups in total. The van der Waals surface area contributed by atoms with E-state index in [0.717, 1.165) is 0 Å². The van der Waals surface area contributed by atoms with Crippen LogP contribution in [-0.2, 0) is 7.05 Å². The van der Waals surface area contributed by atoms with Crippen LogP contribution in [0.4, 0.5) is 0 Å². The van der Waals surface area contributed by atoms with Gasteiger partial charge in [0, 0.05) is 18.8 Å². The molecule has 0 bridgehead atoms. The summed E-state index contributed by atoms with van der Waals surface area (Å²) in [4.78, 5) is 19.3. The number of aromatic amines is 1. The molecular weight excluding hydrogens is 182 g/mol. The van der Waals surface area contributed by atoms with Crippen molar-refractivity contribution < 1.29 is 0 Å². The zero-order valence-electron chi connectivity index (χ0n) is 7.85. The Balaban J connectivity index is 2.56. The summed E-state index contributed by atoms with van der Waals surface area (Å²) in [5, 5.41) is 7.93. The predicted octanol–water partition coefficient (Wildman–Crippen LogP) is -0.126. The lowest BCUT2D eigenvalue weighted by molar-refractivity contribution is 0.654. The molecule has 2 aromatic heterocycles. The molecule has 0 unspecified atom stereocenters. The molecule has 0 atom stereocenters. The second-order valence-corrected chi connectivity index (χ2v) is 2.95. The summed E-state index contributed by atoms with van der Waals surface area (Å²) >= 11 is 0. The van der Waals surface area contributed by atoms with E-state index in [4.69, 9.17) is 0 Å². The van der Waals surface area contributed by atoms with Crippen LogP contribution in [0.15, 0.2) is 17.1 Å². The van der Waals surface area contributed by atoms with Crippen LogP contribution in [0, 0.1) is 6.92 Å². The Labute approximate surface area is 79.6 Å². The van der Waals surface area contributed by atoms with E-state index < -0.39 is 0 Å². The molecule has 0 aromatic carbocycles. The van der Waals surface area contributed by atoms with Gasteiger partial charge in [0.2, 0.25) is 0 Å². The van der Waals surface area contributed by atoms with Gasteiger partial charge in [-0.1, -0.05) is 0 Å². The maximum atomic E-state index is 11.1. The quantitative estimate of drug-likeness (QED) is 0.681. The Morgan fingerprint density at radius 2 is 2.29 bits per heavy atom. The smallest absolute Gasteiger partial charge is 0.251 e. The number of nitrogens with one attached hydrogen (secondary N) is 1. The first-order chi connectivity index (χ1) is 6.65. The van der Waals surface area contributed by atoms with Crippen molar-refractivity contribution in [1.82, 2.24) is 25.0 Å². The zero-order chi connectivity index (χ0) is 10.1. The maximum absolute atomic E-state index is 11.1. The third-order valence-corrected chi connectivity index (χ3v) is 1.71. The topological polar surface area (TPSA) is 76.5 Å². The number of nitrogens with zero attached hydrogens (tertiary/aromatic N) is 4. The Morgan fingerprint density at radius 3 is 2.86 bits per heavy atom. The average Bonchev–Trinajstić information content (AvgIpc) is 2.50. The molecule has 0 aliphatic heterocycles. The summed E-state index contributed by atoms with van der Waals surface area (Å²) in [5.74, 6) is 0.447. The number of aryl methyl sites for hydroxylation is 2. The van der Waals surface area contributed by atoms with Crippen molar-refractivity contribution in [2.75, 3.05) is 0 Å². The minimum Gasteiger partial charge on any atom is -0.305 e. The number of rotatable bonds is 1. The van der Waals surface area contributed by atoms with Crippen LogP contribution in [0.5, 0.6) is 0 Å². The summed E-state index contributed by atoms with van der Waals surface area (Å²) in [6.45, 7) is 1.76. The van der Waals surface area contributed by atoms with Crippen LogP contribution >= 0.6 is 0 Å². The Morgan fingerprint density at radius 1 is 1.50 bits per heavy atom. The van der Waals surface area contributed by atoms with Crippen LogP contribution in [-0.4, -0.2) is 25.0 Å². The first-order valence-electron chi connectivity index (χ1n) is 4.10. The first-order valence-corrected chi connectivity index (χ1v) is 4.10. The normalized spacial score (nSPS) is 10.4. The van der Waals surface area contributed by atoms with Gasteiger partial charge >= 0.3 is 0 Å². The maximum Gasteiger partial charge on any atom is 0.251 e. The van der Waals surface area contributed by atoms with Gasteiger partial charge in [-0.15, -0.1) is 0 Å². The average molecular weight is 191 g/mol. The Hall–Kier alpha value is -1.98. The fourth-order valence-electron chi connectivity index (χ4n) is 1.15. The monoisotopic (exact) mass is 191 g/mol. The minimum absolute atomic E-state index is 0.182. The number of hydrogen-bond acceptors (Lipinski definition) is 4. The van der Waals surface area contributed by atoms with Gasteiger partial charge < -0.3 is 4.98 Å². The third kappa shape index (κ3) is 1.54. The largest absolute Gasteiger partial charge is 0.305 e. The Kier molecular flexibility index (Phi) is 1.88. The lowest BCUT2D eigenvalue weighted by atomic mass is 10.4. The van der Waals surface area contributed by atoms with Gasteiger partial charge in [-0.3, -0.25) is 4.79 Å². The highest BCUT2D eigenvalue weighted by Crippen LogP contribution is 2.07. The molecule has 6 nitrogen and oxygen atoms in total. The minimum atomic E-state index is -0.182. The molecule has 72 valence electrons. The van der Waals surface area contributed by atoms with Gasteiger partial charge in [0.05, 0.1) is 6.20 Å². The second-order valence-electron chi connectivity index (χ2n) is 2.95. The van der Waals surface area contributed by atoms with E-state index in [0.29, 0.717) is 17.2 Å². The summed E-state index contributed by atoms with van der Waals surface area (Å²) < 4.78 is 0. The highest BCUT2D eigenvalue weighted by molar-refractivity contribution is 5.45. The molecule has 0 amide bonds. The molecule has 0 fully saturated rings. The molecule has 2 aromatic rings. The van der Waals surface area contributed by atoms with Crippen molar-refractivity contribution >= 4 is 0 Å². The van der Waals surface area contributed by atoms with Gasteiger partial charge in [0.15, 0.2) is 5.82 Å². The summed E-state index contributed by atoms with van der Waals surface area (Å²) in [5.41, 5.74) is 1.04. The molecule has 0 aliphatic rings. The lowest BCUT2D eigenvalue weighted by Crippen LogP contribution is -2.08. The predicted molar refractivity (Wildman–Crippen MR) is 49.6 cm³/mol. The molecule has 0 spiro atoms. The second kappa shape index (κ2) is 3.06. The summed E-state index contributed by atoms with van der Waals surface area (Å²) in [6.07, 6.45) is 1.55. The van der Waals surface area contributed by atoms with Crippen molar-refractivity contribution in [2.24, 2.45) is 7.05 Å². The van der Waals surface area contributed by atoms with Gasteiger partial charge in [-0.2, -0.15) is 15.0 Å². The van der Waals surface area contributed by atoms with E-state index in [9.17, 15) is 4.79 Å².